The third-order valence-corrected chi connectivity index (χ3v) is 4.65. The van der Waals surface area contributed by atoms with Crippen LogP contribution in [0.5, 0.6) is 5.75 Å². The van der Waals surface area contributed by atoms with E-state index in [4.69, 9.17) is 27.9 Å². The summed E-state index contributed by atoms with van der Waals surface area (Å²) >= 11 is 12.0. The molecule has 0 unspecified atom stereocenters. The minimum atomic E-state index is -0.242. The number of amides is 1. The second-order valence-electron chi connectivity index (χ2n) is 6.11. The predicted octanol–water partition coefficient (Wildman–Crippen LogP) is 5.64. The summed E-state index contributed by atoms with van der Waals surface area (Å²) in [4.78, 5) is 12.1. The first-order valence-corrected chi connectivity index (χ1v) is 9.34. The van der Waals surface area contributed by atoms with Crippen molar-refractivity contribution in [2.24, 2.45) is 5.10 Å². The summed E-state index contributed by atoms with van der Waals surface area (Å²) in [7, 11) is 0. The number of hydrogen-bond donors (Lipinski definition) is 1. The Morgan fingerprint density at radius 2 is 1.82 bits per heavy atom. The van der Waals surface area contributed by atoms with Crippen LogP contribution in [0.15, 0.2) is 71.8 Å². The van der Waals surface area contributed by atoms with Crippen molar-refractivity contribution in [1.82, 2.24) is 5.43 Å². The topological polar surface area (TPSA) is 50.7 Å². The molecule has 1 N–H and O–H groups in total. The van der Waals surface area contributed by atoms with Crippen molar-refractivity contribution in [3.63, 3.8) is 0 Å². The number of aryl methyl sites for hydroxylation is 1. The first-order chi connectivity index (χ1) is 13.5. The highest BCUT2D eigenvalue weighted by atomic mass is 35.5. The number of hydrazone groups is 1. The largest absolute Gasteiger partial charge is 0.489 e. The maximum Gasteiger partial charge on any atom is 0.271 e. The first-order valence-electron chi connectivity index (χ1n) is 8.59. The summed E-state index contributed by atoms with van der Waals surface area (Å²) in [5.41, 5.74) is 5.73. The van der Waals surface area contributed by atoms with Crippen molar-refractivity contribution in [1.29, 1.82) is 0 Å². The highest BCUT2D eigenvalue weighted by Crippen LogP contribution is 2.22. The molecule has 0 aliphatic heterocycles. The van der Waals surface area contributed by atoms with E-state index < -0.39 is 0 Å². The number of halogens is 2. The fourth-order valence-corrected chi connectivity index (χ4v) is 2.97. The molecule has 0 aliphatic rings. The van der Waals surface area contributed by atoms with Crippen LogP contribution in [-0.4, -0.2) is 12.1 Å². The Hall–Kier alpha value is -2.82. The number of hydrogen-bond acceptors (Lipinski definition) is 3. The number of carbonyl (C=O) groups is 1. The van der Waals surface area contributed by atoms with Crippen molar-refractivity contribution in [2.75, 3.05) is 0 Å². The molecule has 4 nitrogen and oxygen atoms in total. The van der Waals surface area contributed by atoms with Crippen LogP contribution in [0.4, 0.5) is 0 Å². The minimum Gasteiger partial charge on any atom is -0.489 e. The van der Waals surface area contributed by atoms with Gasteiger partial charge in [-0.1, -0.05) is 47.5 Å². The summed E-state index contributed by atoms with van der Waals surface area (Å²) in [6.45, 7) is 2.23. The smallest absolute Gasteiger partial charge is 0.271 e. The molecule has 28 heavy (non-hydrogen) atoms. The maximum absolute atomic E-state index is 12.1. The van der Waals surface area contributed by atoms with E-state index in [9.17, 15) is 4.79 Å². The fourth-order valence-electron chi connectivity index (χ4n) is 2.50. The maximum atomic E-state index is 12.1. The van der Waals surface area contributed by atoms with E-state index in [1.165, 1.54) is 0 Å². The zero-order valence-electron chi connectivity index (χ0n) is 15.2. The summed E-state index contributed by atoms with van der Waals surface area (Å²) in [5, 5.41) is 5.17. The van der Waals surface area contributed by atoms with Gasteiger partial charge >= 0.3 is 0 Å². The molecule has 0 radical (unpaired) electrons. The monoisotopic (exact) mass is 412 g/mol. The van der Waals surface area contributed by atoms with Crippen molar-refractivity contribution < 1.29 is 9.53 Å². The molecule has 0 spiro atoms. The quantitative estimate of drug-likeness (QED) is 0.420. The molecule has 0 saturated carbocycles. The van der Waals surface area contributed by atoms with Crippen LogP contribution < -0.4 is 10.2 Å². The Labute approximate surface area is 173 Å². The van der Waals surface area contributed by atoms with Gasteiger partial charge in [-0.2, -0.15) is 5.10 Å². The van der Waals surface area contributed by atoms with Gasteiger partial charge < -0.3 is 4.74 Å². The molecule has 0 aliphatic carbocycles. The lowest BCUT2D eigenvalue weighted by Gasteiger charge is -2.08. The van der Waals surface area contributed by atoms with Gasteiger partial charge in [0.05, 0.1) is 6.21 Å². The van der Waals surface area contributed by atoms with E-state index >= 15 is 0 Å². The SMILES string of the molecule is Cc1ccccc1C(=O)N/N=C\c1ccc(OCc2ccc(Cl)cc2Cl)cc1. The van der Waals surface area contributed by atoms with Crippen molar-refractivity contribution >= 4 is 35.3 Å². The molecule has 1 amide bonds. The Balaban J connectivity index is 1.54. The van der Waals surface area contributed by atoms with Crippen molar-refractivity contribution in [3.05, 3.63) is 99.0 Å². The lowest BCUT2D eigenvalue weighted by atomic mass is 10.1. The predicted molar refractivity (Wildman–Crippen MR) is 113 cm³/mol. The lowest BCUT2D eigenvalue weighted by Crippen LogP contribution is -2.18. The Morgan fingerprint density at radius 1 is 1.07 bits per heavy atom. The fraction of sp³-hybridized carbons (Fsp3) is 0.0909. The van der Waals surface area contributed by atoms with Gasteiger partial charge in [0.15, 0.2) is 0 Å². The van der Waals surface area contributed by atoms with Gasteiger partial charge in [0.1, 0.15) is 12.4 Å². The average molecular weight is 413 g/mol. The molecule has 3 aromatic rings. The highest BCUT2D eigenvalue weighted by Gasteiger charge is 2.06. The van der Waals surface area contributed by atoms with Crippen LogP contribution in [0, 0.1) is 6.92 Å². The number of ether oxygens (including phenoxy) is 1. The summed E-state index contributed by atoms with van der Waals surface area (Å²) in [5.74, 6) is 0.459. The van der Waals surface area contributed by atoms with Crippen LogP contribution in [0.2, 0.25) is 10.0 Å². The molecule has 0 bridgehead atoms. The zero-order chi connectivity index (χ0) is 19.9. The third-order valence-electron chi connectivity index (χ3n) is 4.06. The van der Waals surface area contributed by atoms with Crippen LogP contribution in [-0.2, 0) is 6.61 Å². The lowest BCUT2D eigenvalue weighted by molar-refractivity contribution is 0.0954. The van der Waals surface area contributed by atoms with E-state index in [1.54, 1.807) is 24.4 Å². The standard InChI is InChI=1S/C22H18Cl2N2O2/c1-15-4-2-3-5-20(15)22(27)26-25-13-16-6-10-19(11-7-16)28-14-17-8-9-18(23)12-21(17)24/h2-13H,14H2,1H3,(H,26,27)/b25-13-. The van der Waals surface area contributed by atoms with Gasteiger partial charge in [0.2, 0.25) is 0 Å². The van der Waals surface area contributed by atoms with Gasteiger partial charge in [-0.15, -0.1) is 0 Å². The Bertz CT molecular complexity index is 1000. The molecule has 0 saturated heterocycles. The van der Waals surface area contributed by atoms with Crippen LogP contribution in [0.1, 0.15) is 27.0 Å². The normalized spacial score (nSPS) is 10.8. The molecule has 6 heteroatoms. The molecular formula is C22H18Cl2N2O2. The summed E-state index contributed by atoms with van der Waals surface area (Å²) < 4.78 is 5.74. The van der Waals surface area contributed by atoms with Crippen LogP contribution in [0.3, 0.4) is 0 Å². The van der Waals surface area contributed by atoms with E-state index in [0.717, 1.165) is 16.7 Å². The number of benzene rings is 3. The number of rotatable bonds is 6. The van der Waals surface area contributed by atoms with Gasteiger partial charge in [0.25, 0.3) is 5.91 Å². The molecular weight excluding hydrogens is 395 g/mol. The molecule has 0 atom stereocenters. The molecule has 3 aromatic carbocycles. The number of nitrogens with zero attached hydrogens (tertiary/aromatic N) is 1. The average Bonchev–Trinajstić information content (AvgIpc) is 2.68. The molecule has 142 valence electrons. The van der Waals surface area contributed by atoms with Crippen LogP contribution >= 0.6 is 23.2 Å². The van der Waals surface area contributed by atoms with E-state index in [-0.39, 0.29) is 5.91 Å². The first kappa shape index (κ1) is 19.9. The van der Waals surface area contributed by atoms with E-state index in [2.05, 4.69) is 10.5 Å². The number of carbonyl (C=O) groups excluding carboxylic acids is 1. The highest BCUT2D eigenvalue weighted by molar-refractivity contribution is 6.35. The number of nitrogens with one attached hydrogen (secondary N) is 1. The van der Waals surface area contributed by atoms with Crippen molar-refractivity contribution in [3.8, 4) is 5.75 Å². The minimum absolute atomic E-state index is 0.242. The zero-order valence-corrected chi connectivity index (χ0v) is 16.7. The van der Waals surface area contributed by atoms with E-state index in [0.29, 0.717) is 28.0 Å². The molecule has 3 rings (SSSR count). The molecule has 0 fully saturated rings. The molecule has 0 aromatic heterocycles. The second kappa shape index (κ2) is 9.40. The van der Waals surface area contributed by atoms with Crippen LogP contribution in [0.25, 0.3) is 0 Å². The second-order valence-corrected chi connectivity index (χ2v) is 6.95. The van der Waals surface area contributed by atoms with E-state index in [1.807, 2.05) is 55.5 Å². The molecule has 0 heterocycles. The van der Waals surface area contributed by atoms with Crippen molar-refractivity contribution in [2.45, 2.75) is 13.5 Å². The van der Waals surface area contributed by atoms with Gasteiger partial charge in [0, 0.05) is 21.2 Å². The third kappa shape index (κ3) is 5.35. The van der Waals surface area contributed by atoms with Gasteiger partial charge in [-0.05, 0) is 60.5 Å². The summed E-state index contributed by atoms with van der Waals surface area (Å²) in [6, 6.07) is 20.0. The van der Waals surface area contributed by atoms with Gasteiger partial charge in [-0.3, -0.25) is 4.79 Å². The van der Waals surface area contributed by atoms with Gasteiger partial charge in [-0.25, -0.2) is 5.43 Å². The Kier molecular flexibility index (Phi) is 6.69. The Morgan fingerprint density at radius 3 is 2.54 bits per heavy atom. The summed E-state index contributed by atoms with van der Waals surface area (Å²) in [6.07, 6.45) is 1.58.